The van der Waals surface area contributed by atoms with Gasteiger partial charge in [0.05, 0.1) is 35.4 Å². The van der Waals surface area contributed by atoms with Gasteiger partial charge in [-0.05, 0) is 32.0 Å². The van der Waals surface area contributed by atoms with Crippen LogP contribution in [-0.4, -0.2) is 52.6 Å². The van der Waals surface area contributed by atoms with Crippen LogP contribution in [0, 0.1) is 6.92 Å². The molecule has 0 radical (unpaired) electrons. The van der Waals surface area contributed by atoms with Crippen molar-refractivity contribution in [2.45, 2.75) is 26.4 Å². The van der Waals surface area contributed by atoms with Crippen molar-refractivity contribution in [3.63, 3.8) is 0 Å². The Morgan fingerprint density at radius 3 is 2.75 bits per heavy atom. The summed E-state index contributed by atoms with van der Waals surface area (Å²) in [5.74, 6) is -0.567. The predicted molar refractivity (Wildman–Crippen MR) is 120 cm³/mol. The van der Waals surface area contributed by atoms with Gasteiger partial charge in [-0.15, -0.1) is 5.10 Å². The highest BCUT2D eigenvalue weighted by molar-refractivity contribution is 7.92. The van der Waals surface area contributed by atoms with Crippen molar-refractivity contribution < 1.29 is 22.1 Å². The van der Waals surface area contributed by atoms with Crippen LogP contribution in [0.4, 0.5) is 5.69 Å². The maximum absolute atomic E-state index is 12.7. The summed E-state index contributed by atoms with van der Waals surface area (Å²) in [6.45, 7) is 0.217. The molecule has 3 aromatic heterocycles. The van der Waals surface area contributed by atoms with Gasteiger partial charge in [-0.3, -0.25) is 13.8 Å². The molecule has 0 amide bonds. The maximum atomic E-state index is 12.7. The lowest BCUT2D eigenvalue weighted by molar-refractivity contribution is -0.147. The lowest BCUT2D eigenvalue weighted by Crippen LogP contribution is -2.25. The molecule has 0 spiro atoms. The van der Waals surface area contributed by atoms with E-state index in [1.807, 2.05) is 0 Å². The molecule has 0 unspecified atom stereocenters. The van der Waals surface area contributed by atoms with Crippen molar-refractivity contribution in [2.24, 2.45) is 7.05 Å². The number of pyridine rings is 2. The van der Waals surface area contributed by atoms with E-state index < -0.39 is 29.1 Å². The molecule has 0 aliphatic heterocycles. The fraction of sp³-hybridized carbons (Fsp3) is 0.350. The summed E-state index contributed by atoms with van der Waals surface area (Å²) in [6.07, 6.45) is 1.50. The number of carbonyl (C=O) groups is 1. The number of anilines is 1. The minimum atomic E-state index is -4.11. The van der Waals surface area contributed by atoms with Crippen LogP contribution in [0.25, 0.3) is 11.4 Å². The Hall–Kier alpha value is -3.05. The summed E-state index contributed by atoms with van der Waals surface area (Å²) in [6, 6.07) is 6.14. The number of halogens is 1. The highest BCUT2D eigenvalue weighted by atomic mass is 35.5. The predicted octanol–water partition coefficient (Wildman–Crippen LogP) is 2.48. The Labute approximate surface area is 195 Å². The zero-order chi connectivity index (χ0) is 26.1. The molecular weight excluding hydrogens is 456 g/mol. The molecule has 0 bridgehead atoms. The molecule has 0 N–H and O–H groups in total. The summed E-state index contributed by atoms with van der Waals surface area (Å²) in [4.78, 5) is 21.0. The van der Waals surface area contributed by atoms with Gasteiger partial charge in [0.1, 0.15) is 17.0 Å². The largest absolute Gasteiger partial charge is 0.457 e. The van der Waals surface area contributed by atoms with Crippen molar-refractivity contribution in [3.05, 3.63) is 52.6 Å². The number of ether oxygens (including phenoxy) is 1. The van der Waals surface area contributed by atoms with Gasteiger partial charge in [0, 0.05) is 29.9 Å². The van der Waals surface area contributed by atoms with Crippen LogP contribution in [0.5, 0.6) is 0 Å². The van der Waals surface area contributed by atoms with Crippen molar-refractivity contribution in [2.75, 3.05) is 17.5 Å². The van der Waals surface area contributed by atoms with Gasteiger partial charge >= 0.3 is 5.97 Å². The van der Waals surface area contributed by atoms with Gasteiger partial charge in [0.2, 0.25) is 10.0 Å². The van der Waals surface area contributed by atoms with Gasteiger partial charge in [-0.2, -0.15) is 0 Å². The van der Waals surface area contributed by atoms with E-state index in [0.29, 0.717) is 15.6 Å². The minimum absolute atomic E-state index is 0.0942. The summed E-state index contributed by atoms with van der Waals surface area (Å²) in [5.41, 5.74) is 1.56. The van der Waals surface area contributed by atoms with Crippen molar-refractivity contribution in [1.82, 2.24) is 25.0 Å². The van der Waals surface area contributed by atoms with E-state index in [0.717, 1.165) is 6.26 Å². The molecule has 0 aromatic carbocycles. The molecule has 32 heavy (non-hydrogen) atoms. The van der Waals surface area contributed by atoms with E-state index in [1.165, 1.54) is 29.9 Å². The number of carbonyl (C=O) groups excluding carboxylic acids is 1. The Morgan fingerprint density at radius 1 is 1.38 bits per heavy atom. The van der Waals surface area contributed by atoms with Crippen LogP contribution in [0.15, 0.2) is 30.5 Å². The van der Waals surface area contributed by atoms with Gasteiger partial charge in [-0.1, -0.05) is 22.9 Å². The van der Waals surface area contributed by atoms with Crippen LogP contribution in [0.2, 0.25) is 5.15 Å². The molecule has 3 heterocycles. The van der Waals surface area contributed by atoms with E-state index in [9.17, 15) is 13.2 Å². The summed E-state index contributed by atoms with van der Waals surface area (Å²) in [5, 5.41) is 8.26. The van der Waals surface area contributed by atoms with Gasteiger partial charge < -0.3 is 4.74 Å². The second-order valence-corrected chi connectivity index (χ2v) is 9.22. The molecule has 0 saturated carbocycles. The Bertz CT molecular complexity index is 1360. The highest BCUT2D eigenvalue weighted by Gasteiger charge is 2.22. The highest BCUT2D eigenvalue weighted by Crippen LogP contribution is 2.27. The molecular formula is C20H23ClN6O4S. The number of sulfonamides is 1. The number of hydrogen-bond donors (Lipinski definition) is 0. The number of rotatable bonds is 7. The number of esters is 1. The smallest absolute Gasteiger partial charge is 0.312 e. The SMILES string of the molecule is [2H]C([2H])([2H])N(c1ccc(-c2nnn(C)c2CC(=O)O[C@H](C)c2cccnc2Cl)nc1C)S(C)(=O)=O. The molecule has 3 aromatic rings. The molecule has 10 nitrogen and oxygen atoms in total. The minimum Gasteiger partial charge on any atom is -0.457 e. The average Bonchev–Trinajstić information content (AvgIpc) is 3.07. The monoisotopic (exact) mass is 481 g/mol. The second kappa shape index (κ2) is 9.21. The van der Waals surface area contributed by atoms with Crippen molar-refractivity contribution >= 4 is 33.3 Å². The first-order chi connectivity index (χ1) is 16.2. The molecule has 170 valence electrons. The summed E-state index contributed by atoms with van der Waals surface area (Å²) in [7, 11) is -2.51. The summed E-state index contributed by atoms with van der Waals surface area (Å²) >= 11 is 6.07. The molecule has 0 saturated heterocycles. The van der Waals surface area contributed by atoms with E-state index in [1.54, 1.807) is 26.1 Å². The lowest BCUT2D eigenvalue weighted by Gasteiger charge is -2.18. The number of hydrogen-bond acceptors (Lipinski definition) is 8. The molecule has 3 rings (SSSR count). The topological polar surface area (TPSA) is 120 Å². The first kappa shape index (κ1) is 19.6. The fourth-order valence-corrected chi connectivity index (χ4v) is 3.82. The standard InChI is InChI=1S/C20H23ClN6O4S/c1-12-16(27(4)32(5,29)30)9-8-15(23-12)19-17(26(3)25-24-19)11-18(28)31-13(2)14-7-6-10-22-20(14)21/h6-10,13H,11H2,1-5H3/t13-/m1/s1/i4D3. The average molecular weight is 482 g/mol. The third-order valence-corrected chi connectivity index (χ3v) is 5.82. The lowest BCUT2D eigenvalue weighted by atomic mass is 10.1. The number of aromatic nitrogens is 5. The summed E-state index contributed by atoms with van der Waals surface area (Å²) < 4.78 is 54.3. The third-order valence-electron chi connectivity index (χ3n) is 4.64. The Morgan fingerprint density at radius 2 is 2.12 bits per heavy atom. The fourth-order valence-electron chi connectivity index (χ4n) is 2.99. The van der Waals surface area contributed by atoms with Gasteiger partial charge in [0.15, 0.2) is 0 Å². The van der Waals surface area contributed by atoms with Crippen LogP contribution in [-0.2, 0) is 33.0 Å². The third kappa shape index (κ3) is 5.05. The first-order valence-corrected chi connectivity index (χ1v) is 11.6. The van der Waals surface area contributed by atoms with Gasteiger partial charge in [-0.25, -0.2) is 18.4 Å². The normalized spacial score (nSPS) is 14.2. The van der Waals surface area contributed by atoms with E-state index in [-0.39, 0.29) is 34.3 Å². The number of aryl methyl sites for hydroxylation is 2. The molecule has 12 heteroatoms. The number of nitrogens with zero attached hydrogens (tertiary/aromatic N) is 6. The zero-order valence-electron chi connectivity index (χ0n) is 20.8. The van der Waals surface area contributed by atoms with Gasteiger partial charge in [0.25, 0.3) is 0 Å². The first-order valence-electron chi connectivity index (χ1n) is 10.9. The molecule has 0 aliphatic carbocycles. The second-order valence-electron chi connectivity index (χ2n) is 7.03. The van der Waals surface area contributed by atoms with Crippen molar-refractivity contribution in [1.29, 1.82) is 0 Å². The molecule has 1 atom stereocenters. The van der Waals surface area contributed by atoms with E-state index in [2.05, 4.69) is 20.3 Å². The maximum Gasteiger partial charge on any atom is 0.312 e. The van der Waals surface area contributed by atoms with Crippen molar-refractivity contribution in [3.8, 4) is 11.4 Å². The van der Waals surface area contributed by atoms with Crippen LogP contribution in [0.3, 0.4) is 0 Å². The van der Waals surface area contributed by atoms with Crippen LogP contribution in [0.1, 0.15) is 34.1 Å². The molecule has 0 aliphatic rings. The zero-order valence-corrected chi connectivity index (χ0v) is 19.3. The van der Waals surface area contributed by atoms with E-state index >= 15 is 0 Å². The molecule has 0 fully saturated rings. The van der Waals surface area contributed by atoms with Crippen LogP contribution < -0.4 is 4.31 Å². The van der Waals surface area contributed by atoms with E-state index in [4.69, 9.17) is 20.5 Å². The Kier molecular flexibility index (Phi) is 5.65. The van der Waals surface area contributed by atoms with Crippen LogP contribution >= 0.6 is 11.6 Å². The quantitative estimate of drug-likeness (QED) is 0.372. The Balaban J connectivity index is 1.89.